The number of carbonyl (C=O) groups excluding carboxylic acids is 3. The Kier molecular flexibility index (Phi) is 5.35. The van der Waals surface area contributed by atoms with Gasteiger partial charge in [0.25, 0.3) is 5.91 Å². The maximum atomic E-state index is 12.9. The van der Waals surface area contributed by atoms with Gasteiger partial charge in [-0.25, -0.2) is 4.79 Å². The molecule has 1 heterocycles. The minimum atomic E-state index is -1.23. The van der Waals surface area contributed by atoms with E-state index in [-0.39, 0.29) is 12.3 Å². The van der Waals surface area contributed by atoms with Crippen molar-refractivity contribution in [2.45, 2.75) is 19.4 Å². The van der Waals surface area contributed by atoms with Crippen LogP contribution in [0.25, 0.3) is 0 Å². The molecule has 146 valence electrons. The molecular formula is C21H22N2O5. The minimum absolute atomic E-state index is 0.328. The third-order valence-electron chi connectivity index (χ3n) is 4.73. The molecule has 0 aromatic heterocycles. The van der Waals surface area contributed by atoms with Crippen LogP contribution in [0.3, 0.4) is 0 Å². The van der Waals surface area contributed by atoms with Crippen LogP contribution in [0.15, 0.2) is 48.5 Å². The number of nitrogens with one attached hydrogen (secondary N) is 1. The molecule has 1 fully saturated rings. The van der Waals surface area contributed by atoms with E-state index in [1.807, 2.05) is 6.92 Å². The van der Waals surface area contributed by atoms with Crippen LogP contribution in [-0.2, 0) is 10.3 Å². The van der Waals surface area contributed by atoms with Gasteiger partial charge in [0.1, 0.15) is 17.0 Å². The highest BCUT2D eigenvalue weighted by Crippen LogP contribution is 2.30. The zero-order valence-electron chi connectivity index (χ0n) is 16.0. The molecule has 1 aliphatic heterocycles. The Bertz CT molecular complexity index is 892. The van der Waals surface area contributed by atoms with E-state index in [1.54, 1.807) is 62.6 Å². The summed E-state index contributed by atoms with van der Waals surface area (Å²) >= 11 is 0. The van der Waals surface area contributed by atoms with Crippen molar-refractivity contribution in [3.63, 3.8) is 0 Å². The number of imide groups is 1. The van der Waals surface area contributed by atoms with E-state index in [4.69, 9.17) is 9.47 Å². The molecule has 1 aliphatic rings. The van der Waals surface area contributed by atoms with E-state index < -0.39 is 17.5 Å². The number of carbonyl (C=O) groups is 3. The van der Waals surface area contributed by atoms with Crippen LogP contribution >= 0.6 is 0 Å². The van der Waals surface area contributed by atoms with Gasteiger partial charge in [0.05, 0.1) is 20.3 Å². The zero-order valence-corrected chi connectivity index (χ0v) is 16.0. The predicted octanol–water partition coefficient (Wildman–Crippen LogP) is 2.74. The van der Waals surface area contributed by atoms with Gasteiger partial charge >= 0.3 is 6.03 Å². The molecule has 28 heavy (non-hydrogen) atoms. The van der Waals surface area contributed by atoms with Crippen LogP contribution < -0.4 is 14.8 Å². The summed E-state index contributed by atoms with van der Waals surface area (Å²) in [5, 5.41) is 2.69. The molecule has 1 N–H and O–H groups in total. The SMILES string of the molecule is CCOc1ccc(C(=O)CN2C(=O)NC(C)(c3ccc(OC)cc3)C2=O)cc1. The molecule has 3 amide bonds. The summed E-state index contributed by atoms with van der Waals surface area (Å²) in [4.78, 5) is 38.8. The minimum Gasteiger partial charge on any atom is -0.497 e. The largest absolute Gasteiger partial charge is 0.497 e. The number of amides is 3. The van der Waals surface area contributed by atoms with E-state index in [1.165, 1.54) is 0 Å². The lowest BCUT2D eigenvalue weighted by molar-refractivity contribution is -0.130. The smallest absolute Gasteiger partial charge is 0.325 e. The fourth-order valence-electron chi connectivity index (χ4n) is 3.10. The number of rotatable bonds is 7. The molecule has 2 aromatic carbocycles. The van der Waals surface area contributed by atoms with Crippen molar-refractivity contribution in [1.29, 1.82) is 0 Å². The predicted molar refractivity (Wildman–Crippen MR) is 103 cm³/mol. The van der Waals surface area contributed by atoms with Gasteiger partial charge in [0.15, 0.2) is 5.78 Å². The summed E-state index contributed by atoms with van der Waals surface area (Å²) in [6.07, 6.45) is 0. The van der Waals surface area contributed by atoms with Crippen LogP contribution in [0.2, 0.25) is 0 Å². The Balaban J connectivity index is 1.76. The van der Waals surface area contributed by atoms with Crippen molar-refractivity contribution in [3.8, 4) is 11.5 Å². The Morgan fingerprint density at radius 3 is 2.21 bits per heavy atom. The quantitative estimate of drug-likeness (QED) is 0.588. The molecule has 0 radical (unpaired) electrons. The van der Waals surface area contributed by atoms with Crippen molar-refractivity contribution in [2.24, 2.45) is 0 Å². The van der Waals surface area contributed by atoms with Gasteiger partial charge in [0, 0.05) is 5.56 Å². The van der Waals surface area contributed by atoms with E-state index >= 15 is 0 Å². The van der Waals surface area contributed by atoms with Crippen LogP contribution in [0, 0.1) is 0 Å². The second-order valence-electron chi connectivity index (χ2n) is 6.56. The Labute approximate surface area is 163 Å². The van der Waals surface area contributed by atoms with Crippen LogP contribution in [0.4, 0.5) is 4.79 Å². The summed E-state index contributed by atoms with van der Waals surface area (Å²) in [6.45, 7) is 3.69. The van der Waals surface area contributed by atoms with Gasteiger partial charge in [-0.3, -0.25) is 14.5 Å². The maximum absolute atomic E-state index is 12.9. The van der Waals surface area contributed by atoms with Gasteiger partial charge < -0.3 is 14.8 Å². The molecule has 0 aliphatic carbocycles. The van der Waals surface area contributed by atoms with E-state index in [0.717, 1.165) is 4.90 Å². The molecule has 7 heteroatoms. The fraction of sp³-hybridized carbons (Fsp3) is 0.286. The standard InChI is InChI=1S/C21H22N2O5/c1-4-28-17-9-5-14(6-10-17)18(24)13-23-19(25)21(2,22-20(23)26)15-7-11-16(27-3)12-8-15/h5-12H,4,13H2,1-3H3,(H,22,26). The van der Waals surface area contributed by atoms with Crippen molar-refractivity contribution in [1.82, 2.24) is 10.2 Å². The first-order chi connectivity index (χ1) is 13.4. The number of nitrogens with zero attached hydrogens (tertiary/aromatic N) is 1. The fourth-order valence-corrected chi connectivity index (χ4v) is 3.10. The molecule has 7 nitrogen and oxygen atoms in total. The molecule has 3 rings (SSSR count). The highest BCUT2D eigenvalue weighted by molar-refractivity contribution is 6.11. The van der Waals surface area contributed by atoms with Gasteiger partial charge in [-0.05, 0) is 55.8 Å². The van der Waals surface area contributed by atoms with Gasteiger partial charge in [-0.15, -0.1) is 0 Å². The van der Waals surface area contributed by atoms with Crippen molar-refractivity contribution in [3.05, 3.63) is 59.7 Å². The zero-order chi connectivity index (χ0) is 20.3. The Morgan fingerprint density at radius 2 is 1.64 bits per heavy atom. The van der Waals surface area contributed by atoms with Crippen LogP contribution in [-0.4, -0.2) is 42.9 Å². The Hall–Kier alpha value is -3.35. The van der Waals surface area contributed by atoms with Gasteiger partial charge in [-0.2, -0.15) is 0 Å². The monoisotopic (exact) mass is 382 g/mol. The van der Waals surface area contributed by atoms with Crippen molar-refractivity contribution >= 4 is 17.7 Å². The summed E-state index contributed by atoms with van der Waals surface area (Å²) in [7, 11) is 1.55. The number of benzene rings is 2. The van der Waals surface area contributed by atoms with E-state index in [9.17, 15) is 14.4 Å². The second-order valence-corrected chi connectivity index (χ2v) is 6.56. The number of methoxy groups -OCH3 is 1. The number of hydrogen-bond acceptors (Lipinski definition) is 5. The molecule has 1 unspecified atom stereocenters. The average molecular weight is 382 g/mol. The molecule has 0 saturated carbocycles. The van der Waals surface area contributed by atoms with Gasteiger partial charge in [0.2, 0.25) is 0 Å². The summed E-state index contributed by atoms with van der Waals surface area (Å²) < 4.78 is 10.5. The highest BCUT2D eigenvalue weighted by atomic mass is 16.5. The summed E-state index contributed by atoms with van der Waals surface area (Å²) in [5.74, 6) is 0.500. The first-order valence-electron chi connectivity index (χ1n) is 8.93. The second kappa shape index (κ2) is 7.72. The van der Waals surface area contributed by atoms with E-state index in [2.05, 4.69) is 5.32 Å². The summed E-state index contributed by atoms with van der Waals surface area (Å²) in [6, 6.07) is 12.9. The molecular weight excluding hydrogens is 360 g/mol. The normalized spacial score (nSPS) is 18.8. The number of Topliss-reactive ketones (excluding diaryl/α,β-unsaturated/α-hetero) is 1. The molecule has 1 saturated heterocycles. The lowest BCUT2D eigenvalue weighted by Gasteiger charge is -2.22. The number of ether oxygens (including phenoxy) is 2. The highest BCUT2D eigenvalue weighted by Gasteiger charge is 2.49. The topological polar surface area (TPSA) is 84.9 Å². The third kappa shape index (κ3) is 3.55. The van der Waals surface area contributed by atoms with Crippen molar-refractivity contribution < 1.29 is 23.9 Å². The average Bonchev–Trinajstić information content (AvgIpc) is 2.93. The first-order valence-corrected chi connectivity index (χ1v) is 8.93. The molecule has 0 spiro atoms. The lowest BCUT2D eigenvalue weighted by Crippen LogP contribution is -2.41. The Morgan fingerprint density at radius 1 is 1.04 bits per heavy atom. The molecule has 1 atom stereocenters. The summed E-state index contributed by atoms with van der Waals surface area (Å²) in [5.41, 5.74) is -0.215. The number of hydrogen-bond donors (Lipinski definition) is 1. The molecule has 0 bridgehead atoms. The lowest BCUT2D eigenvalue weighted by atomic mass is 9.92. The van der Waals surface area contributed by atoms with E-state index in [0.29, 0.717) is 29.2 Å². The third-order valence-corrected chi connectivity index (χ3v) is 4.73. The van der Waals surface area contributed by atoms with Gasteiger partial charge in [-0.1, -0.05) is 12.1 Å². The number of ketones is 1. The van der Waals surface area contributed by atoms with Crippen LogP contribution in [0.5, 0.6) is 11.5 Å². The molecule has 2 aromatic rings. The van der Waals surface area contributed by atoms with Crippen LogP contribution in [0.1, 0.15) is 29.8 Å². The first kappa shape index (κ1) is 19.4. The maximum Gasteiger partial charge on any atom is 0.325 e. The number of urea groups is 1. The van der Waals surface area contributed by atoms with Crippen molar-refractivity contribution in [2.75, 3.05) is 20.3 Å².